The molecular weight excluding hydrogens is 344 g/mol. The van der Waals surface area contributed by atoms with Crippen LogP contribution < -0.4 is 5.32 Å². The van der Waals surface area contributed by atoms with Gasteiger partial charge < -0.3 is 14.8 Å². The molecule has 2 bridgehead atoms. The Morgan fingerprint density at radius 2 is 1.78 bits per heavy atom. The molecule has 3 unspecified atom stereocenters. The van der Waals surface area contributed by atoms with Gasteiger partial charge in [-0.3, -0.25) is 4.90 Å². The standard InChI is InChI=1S/C21H28N2O4/c1-13(14-9-7-6-8-10-14)22-18-16-12-11-15(17(18)19(24)26-5)23(16)20(25)27-21(2,3)4/h6-10,13,15-16,22H,11-12H2,1-5H3. The molecule has 1 saturated heterocycles. The monoisotopic (exact) mass is 372 g/mol. The average molecular weight is 372 g/mol. The number of ether oxygens (including phenoxy) is 2. The van der Waals surface area contributed by atoms with Crippen molar-refractivity contribution in [3.8, 4) is 0 Å². The third-order valence-electron chi connectivity index (χ3n) is 5.02. The highest BCUT2D eigenvalue weighted by Crippen LogP contribution is 2.43. The summed E-state index contributed by atoms with van der Waals surface area (Å²) < 4.78 is 10.6. The number of methoxy groups -OCH3 is 1. The van der Waals surface area contributed by atoms with Crippen LogP contribution in [0.15, 0.2) is 41.6 Å². The van der Waals surface area contributed by atoms with Crippen molar-refractivity contribution in [1.29, 1.82) is 0 Å². The van der Waals surface area contributed by atoms with Crippen LogP contribution in [0.25, 0.3) is 0 Å². The van der Waals surface area contributed by atoms with Gasteiger partial charge in [0.1, 0.15) is 5.60 Å². The Morgan fingerprint density at radius 1 is 1.15 bits per heavy atom. The first-order chi connectivity index (χ1) is 12.7. The Bertz CT molecular complexity index is 751. The van der Waals surface area contributed by atoms with E-state index in [1.165, 1.54) is 7.11 Å². The number of amides is 1. The summed E-state index contributed by atoms with van der Waals surface area (Å²) in [5.41, 5.74) is 1.85. The molecule has 146 valence electrons. The molecule has 0 radical (unpaired) electrons. The number of hydrogen-bond donors (Lipinski definition) is 1. The third kappa shape index (κ3) is 3.80. The van der Waals surface area contributed by atoms with Gasteiger partial charge in [0.25, 0.3) is 0 Å². The quantitative estimate of drug-likeness (QED) is 0.819. The van der Waals surface area contributed by atoms with Crippen LogP contribution in [0.2, 0.25) is 0 Å². The highest BCUT2D eigenvalue weighted by molar-refractivity contribution is 5.93. The number of fused-ring (bicyclic) bond motifs is 2. The number of esters is 1. The van der Waals surface area contributed by atoms with Gasteiger partial charge in [-0.15, -0.1) is 0 Å². The molecule has 0 saturated carbocycles. The van der Waals surface area contributed by atoms with Crippen molar-refractivity contribution < 1.29 is 19.1 Å². The minimum atomic E-state index is -0.588. The molecule has 2 aliphatic rings. The van der Waals surface area contributed by atoms with Crippen LogP contribution in [0.4, 0.5) is 4.79 Å². The van der Waals surface area contributed by atoms with E-state index in [-0.39, 0.29) is 24.2 Å². The first-order valence-corrected chi connectivity index (χ1v) is 9.38. The number of hydrogen-bond acceptors (Lipinski definition) is 5. The number of nitrogens with zero attached hydrogens (tertiary/aromatic N) is 1. The number of nitrogens with one attached hydrogen (secondary N) is 1. The van der Waals surface area contributed by atoms with E-state index in [1.54, 1.807) is 4.90 Å². The zero-order valence-corrected chi connectivity index (χ0v) is 16.6. The van der Waals surface area contributed by atoms with Crippen LogP contribution in [0.5, 0.6) is 0 Å². The molecule has 0 aromatic heterocycles. The first-order valence-electron chi connectivity index (χ1n) is 9.38. The summed E-state index contributed by atoms with van der Waals surface area (Å²) in [7, 11) is 1.37. The fourth-order valence-electron chi connectivity index (χ4n) is 3.89. The predicted octanol–water partition coefficient (Wildman–Crippen LogP) is 3.55. The van der Waals surface area contributed by atoms with Crippen molar-refractivity contribution in [2.24, 2.45) is 0 Å². The van der Waals surface area contributed by atoms with Gasteiger partial charge in [-0.2, -0.15) is 0 Å². The van der Waals surface area contributed by atoms with E-state index >= 15 is 0 Å². The van der Waals surface area contributed by atoms with E-state index in [9.17, 15) is 9.59 Å². The molecule has 0 aliphatic carbocycles. The van der Waals surface area contributed by atoms with E-state index < -0.39 is 11.6 Å². The Labute approximate surface area is 160 Å². The Kier molecular flexibility index (Phi) is 5.18. The van der Waals surface area contributed by atoms with Gasteiger partial charge >= 0.3 is 12.1 Å². The molecule has 27 heavy (non-hydrogen) atoms. The van der Waals surface area contributed by atoms with Crippen molar-refractivity contribution in [2.75, 3.05) is 7.11 Å². The van der Waals surface area contributed by atoms with Gasteiger partial charge in [0.2, 0.25) is 0 Å². The third-order valence-corrected chi connectivity index (χ3v) is 5.02. The largest absolute Gasteiger partial charge is 0.466 e. The summed E-state index contributed by atoms with van der Waals surface area (Å²) in [5, 5.41) is 3.47. The molecule has 1 N–H and O–H groups in total. The second-order valence-electron chi connectivity index (χ2n) is 8.09. The summed E-state index contributed by atoms with van der Waals surface area (Å²) in [4.78, 5) is 27.0. The lowest BCUT2D eigenvalue weighted by atomic mass is 9.95. The molecule has 6 heteroatoms. The fourth-order valence-corrected chi connectivity index (χ4v) is 3.89. The maximum absolute atomic E-state index is 12.8. The van der Waals surface area contributed by atoms with Crippen LogP contribution in [0.3, 0.4) is 0 Å². The maximum atomic E-state index is 12.8. The minimum absolute atomic E-state index is 0.000641. The molecule has 1 aromatic carbocycles. The molecule has 3 atom stereocenters. The second-order valence-corrected chi connectivity index (χ2v) is 8.09. The maximum Gasteiger partial charge on any atom is 0.411 e. The molecule has 3 rings (SSSR count). The van der Waals surface area contributed by atoms with Gasteiger partial charge in [0.05, 0.1) is 24.8 Å². The molecule has 2 heterocycles. The molecular formula is C21H28N2O4. The first kappa shape index (κ1) is 19.3. The van der Waals surface area contributed by atoms with Crippen LogP contribution in [-0.2, 0) is 14.3 Å². The Balaban J connectivity index is 1.89. The van der Waals surface area contributed by atoms with E-state index in [0.29, 0.717) is 5.57 Å². The van der Waals surface area contributed by atoms with Gasteiger partial charge in [0.15, 0.2) is 0 Å². The van der Waals surface area contributed by atoms with E-state index in [0.717, 1.165) is 24.1 Å². The average Bonchev–Trinajstić information content (AvgIpc) is 3.16. The van der Waals surface area contributed by atoms with Crippen LogP contribution in [-0.4, -0.2) is 41.8 Å². The summed E-state index contributed by atoms with van der Waals surface area (Å²) >= 11 is 0. The normalized spacial score (nSPS) is 22.6. The predicted molar refractivity (Wildman–Crippen MR) is 102 cm³/mol. The summed E-state index contributed by atoms with van der Waals surface area (Å²) in [6.45, 7) is 7.57. The molecule has 1 amide bonds. The van der Waals surface area contributed by atoms with E-state index in [2.05, 4.69) is 5.32 Å². The topological polar surface area (TPSA) is 67.9 Å². The summed E-state index contributed by atoms with van der Waals surface area (Å²) in [6.07, 6.45) is 1.15. The van der Waals surface area contributed by atoms with Gasteiger partial charge in [0, 0.05) is 11.7 Å². The molecule has 1 aromatic rings. The van der Waals surface area contributed by atoms with Crippen LogP contribution in [0.1, 0.15) is 52.1 Å². The second kappa shape index (κ2) is 7.25. The highest BCUT2D eigenvalue weighted by atomic mass is 16.6. The lowest BCUT2D eigenvalue weighted by Crippen LogP contribution is -2.42. The lowest BCUT2D eigenvalue weighted by molar-refractivity contribution is -0.136. The van der Waals surface area contributed by atoms with Crippen molar-refractivity contribution in [1.82, 2.24) is 10.2 Å². The van der Waals surface area contributed by atoms with Crippen molar-refractivity contribution >= 4 is 12.1 Å². The van der Waals surface area contributed by atoms with Crippen molar-refractivity contribution in [2.45, 2.75) is 64.3 Å². The van der Waals surface area contributed by atoms with Crippen molar-refractivity contribution in [3.63, 3.8) is 0 Å². The van der Waals surface area contributed by atoms with E-state index in [4.69, 9.17) is 9.47 Å². The van der Waals surface area contributed by atoms with Crippen LogP contribution >= 0.6 is 0 Å². The zero-order valence-electron chi connectivity index (χ0n) is 16.6. The fraction of sp³-hybridized carbons (Fsp3) is 0.524. The summed E-state index contributed by atoms with van der Waals surface area (Å²) in [6, 6.07) is 9.52. The zero-order chi connectivity index (χ0) is 19.8. The van der Waals surface area contributed by atoms with Crippen LogP contribution in [0, 0.1) is 0 Å². The lowest BCUT2D eigenvalue weighted by Gasteiger charge is -2.29. The Hall–Kier alpha value is -2.50. The molecule has 2 aliphatic heterocycles. The smallest absolute Gasteiger partial charge is 0.411 e. The number of rotatable bonds is 4. The SMILES string of the molecule is COC(=O)C1=C(NC(C)c2ccccc2)C2CCC1N2C(=O)OC(C)(C)C. The number of carbonyl (C=O) groups excluding carboxylic acids is 2. The van der Waals surface area contributed by atoms with E-state index in [1.807, 2.05) is 58.0 Å². The van der Waals surface area contributed by atoms with Crippen molar-refractivity contribution in [3.05, 3.63) is 47.2 Å². The summed E-state index contributed by atoms with van der Waals surface area (Å²) in [5.74, 6) is -0.390. The molecule has 0 spiro atoms. The number of carbonyl (C=O) groups is 2. The van der Waals surface area contributed by atoms with Gasteiger partial charge in [-0.1, -0.05) is 30.3 Å². The molecule has 6 nitrogen and oxygen atoms in total. The molecule has 1 fully saturated rings. The number of benzene rings is 1. The van der Waals surface area contributed by atoms with Gasteiger partial charge in [-0.25, -0.2) is 9.59 Å². The van der Waals surface area contributed by atoms with Gasteiger partial charge in [-0.05, 0) is 46.1 Å². The highest BCUT2D eigenvalue weighted by Gasteiger charge is 2.52. The Morgan fingerprint density at radius 3 is 2.37 bits per heavy atom. The minimum Gasteiger partial charge on any atom is -0.466 e.